The number of anilines is 1. The first-order valence-electron chi connectivity index (χ1n) is 8.40. The van der Waals surface area contributed by atoms with Gasteiger partial charge in [-0.15, -0.1) is 0 Å². The Balaban J connectivity index is 1.88. The highest BCUT2D eigenvalue weighted by atomic mass is 32.1. The molecule has 2 aromatic heterocycles. The first-order chi connectivity index (χ1) is 12.0. The van der Waals surface area contributed by atoms with Crippen LogP contribution in [0.25, 0.3) is 16.0 Å². The van der Waals surface area contributed by atoms with Gasteiger partial charge in [-0.1, -0.05) is 36.0 Å². The minimum Gasteiger partial charge on any atom is -0.355 e. The number of carbonyl (C=O) groups excluding carboxylic acids is 1. The number of carbonyl (C=O) groups is 1. The highest BCUT2D eigenvalue weighted by Gasteiger charge is 2.18. The molecule has 132 valence electrons. The third-order valence-corrected chi connectivity index (χ3v) is 5.20. The van der Waals surface area contributed by atoms with Crippen LogP contribution in [-0.2, 0) is 4.79 Å². The van der Waals surface area contributed by atoms with E-state index in [0.29, 0.717) is 13.1 Å². The summed E-state index contributed by atoms with van der Waals surface area (Å²) >= 11 is 1.57. The number of thiazole rings is 1. The summed E-state index contributed by atoms with van der Waals surface area (Å²) in [6, 6.07) is 8.22. The number of likely N-dealkylation sites (N-methyl/N-ethyl adjacent to an activating group) is 1. The summed E-state index contributed by atoms with van der Waals surface area (Å²) < 4.78 is 2.92. The molecule has 0 spiro atoms. The SMILES string of the molecule is CCCNC(=O)CN(C)c1nc2c(s1)c(C)nn2-c1ccc(C)cc1. The largest absolute Gasteiger partial charge is 0.355 e. The molecule has 0 aliphatic heterocycles. The van der Waals surface area contributed by atoms with Crippen molar-refractivity contribution in [2.24, 2.45) is 0 Å². The second-order valence-corrected chi connectivity index (χ2v) is 7.17. The molecule has 0 atom stereocenters. The second-order valence-electron chi connectivity index (χ2n) is 6.19. The standard InChI is InChI=1S/C18H23N5OS/c1-5-10-19-15(24)11-22(4)18-20-17-16(25-18)13(3)21-23(17)14-8-6-12(2)7-9-14/h6-9H,5,10-11H2,1-4H3,(H,19,24). The van der Waals surface area contributed by atoms with Crippen LogP contribution >= 0.6 is 11.3 Å². The Kier molecular flexibility index (Phi) is 5.03. The van der Waals surface area contributed by atoms with Gasteiger partial charge in [0.05, 0.1) is 22.6 Å². The number of hydrogen-bond donors (Lipinski definition) is 1. The topological polar surface area (TPSA) is 63.1 Å². The smallest absolute Gasteiger partial charge is 0.239 e. The van der Waals surface area contributed by atoms with E-state index in [4.69, 9.17) is 4.98 Å². The van der Waals surface area contributed by atoms with Gasteiger partial charge in [0, 0.05) is 13.6 Å². The molecular formula is C18H23N5OS. The van der Waals surface area contributed by atoms with Gasteiger partial charge in [0.15, 0.2) is 10.8 Å². The number of nitrogens with one attached hydrogen (secondary N) is 1. The molecular weight excluding hydrogens is 334 g/mol. The predicted octanol–water partition coefficient (Wildman–Crippen LogP) is 3.06. The molecule has 3 rings (SSSR count). The number of rotatable bonds is 6. The number of fused-ring (bicyclic) bond motifs is 1. The van der Waals surface area contributed by atoms with Crippen LogP contribution in [0.1, 0.15) is 24.6 Å². The lowest BCUT2D eigenvalue weighted by Crippen LogP contribution is -2.35. The average molecular weight is 357 g/mol. The Morgan fingerprint density at radius 3 is 2.68 bits per heavy atom. The van der Waals surface area contributed by atoms with Crippen molar-refractivity contribution >= 4 is 32.7 Å². The maximum absolute atomic E-state index is 11.9. The molecule has 2 heterocycles. The Morgan fingerprint density at radius 2 is 2.00 bits per heavy atom. The van der Waals surface area contributed by atoms with Crippen LogP contribution in [0.5, 0.6) is 0 Å². The average Bonchev–Trinajstić information content (AvgIpc) is 3.15. The summed E-state index contributed by atoms with van der Waals surface area (Å²) in [6.07, 6.45) is 0.933. The van der Waals surface area contributed by atoms with Crippen LogP contribution in [0.4, 0.5) is 5.13 Å². The molecule has 0 saturated carbocycles. The van der Waals surface area contributed by atoms with E-state index in [-0.39, 0.29) is 5.91 Å². The highest BCUT2D eigenvalue weighted by molar-refractivity contribution is 7.22. The molecule has 3 aromatic rings. The van der Waals surface area contributed by atoms with E-state index in [1.165, 1.54) is 5.56 Å². The molecule has 1 N–H and O–H groups in total. The third-order valence-electron chi connectivity index (χ3n) is 3.94. The van der Waals surface area contributed by atoms with Gasteiger partial charge in [-0.05, 0) is 32.4 Å². The normalized spacial score (nSPS) is 11.0. The predicted molar refractivity (Wildman–Crippen MR) is 103 cm³/mol. The summed E-state index contributed by atoms with van der Waals surface area (Å²) in [5.41, 5.74) is 3.98. The van der Waals surface area contributed by atoms with Gasteiger partial charge >= 0.3 is 0 Å². The molecule has 1 aromatic carbocycles. The van der Waals surface area contributed by atoms with Crippen molar-refractivity contribution in [3.8, 4) is 5.69 Å². The summed E-state index contributed by atoms with van der Waals surface area (Å²) in [4.78, 5) is 18.5. The van der Waals surface area contributed by atoms with Crippen LogP contribution in [-0.4, -0.2) is 40.8 Å². The molecule has 0 unspecified atom stereocenters. The van der Waals surface area contributed by atoms with Crippen molar-refractivity contribution in [1.82, 2.24) is 20.1 Å². The zero-order valence-electron chi connectivity index (χ0n) is 15.0. The van der Waals surface area contributed by atoms with E-state index < -0.39 is 0 Å². The maximum atomic E-state index is 11.9. The lowest BCUT2D eigenvalue weighted by atomic mass is 10.2. The van der Waals surface area contributed by atoms with E-state index in [0.717, 1.165) is 33.3 Å². The lowest BCUT2D eigenvalue weighted by Gasteiger charge is -2.15. The Hall–Kier alpha value is -2.41. The summed E-state index contributed by atoms with van der Waals surface area (Å²) in [6.45, 7) is 7.09. The van der Waals surface area contributed by atoms with Gasteiger partial charge in [0.2, 0.25) is 5.91 Å². The van der Waals surface area contributed by atoms with E-state index in [1.807, 2.05) is 42.6 Å². The fourth-order valence-electron chi connectivity index (χ4n) is 2.56. The number of amides is 1. The monoisotopic (exact) mass is 357 g/mol. The fourth-order valence-corrected chi connectivity index (χ4v) is 3.50. The van der Waals surface area contributed by atoms with Gasteiger partial charge < -0.3 is 10.2 Å². The first kappa shape index (κ1) is 17.4. The summed E-state index contributed by atoms with van der Waals surface area (Å²) in [5.74, 6) is 0.0143. The molecule has 25 heavy (non-hydrogen) atoms. The van der Waals surface area contributed by atoms with Crippen LogP contribution in [0.3, 0.4) is 0 Å². The Morgan fingerprint density at radius 1 is 1.28 bits per heavy atom. The van der Waals surface area contributed by atoms with Crippen molar-refractivity contribution in [2.45, 2.75) is 27.2 Å². The Labute approximate surface area is 151 Å². The van der Waals surface area contributed by atoms with Gasteiger partial charge in [-0.25, -0.2) is 4.68 Å². The number of hydrogen-bond acceptors (Lipinski definition) is 5. The maximum Gasteiger partial charge on any atom is 0.239 e. The van der Waals surface area contributed by atoms with Crippen LogP contribution in [0.15, 0.2) is 24.3 Å². The minimum atomic E-state index is 0.0143. The van der Waals surface area contributed by atoms with Gasteiger partial charge in [-0.2, -0.15) is 10.1 Å². The van der Waals surface area contributed by atoms with E-state index in [9.17, 15) is 4.79 Å². The zero-order valence-corrected chi connectivity index (χ0v) is 15.9. The molecule has 6 nitrogen and oxygen atoms in total. The first-order valence-corrected chi connectivity index (χ1v) is 9.22. The quantitative estimate of drug-likeness (QED) is 0.736. The zero-order chi connectivity index (χ0) is 18.0. The molecule has 0 bridgehead atoms. The van der Waals surface area contributed by atoms with Gasteiger partial charge in [0.25, 0.3) is 0 Å². The van der Waals surface area contributed by atoms with Gasteiger partial charge in [0.1, 0.15) is 0 Å². The van der Waals surface area contributed by atoms with Crippen molar-refractivity contribution in [1.29, 1.82) is 0 Å². The van der Waals surface area contributed by atoms with Crippen molar-refractivity contribution in [2.75, 3.05) is 25.0 Å². The molecule has 0 saturated heterocycles. The number of aromatic nitrogens is 3. The molecule has 0 fully saturated rings. The number of aryl methyl sites for hydroxylation is 2. The molecule has 1 amide bonds. The number of benzene rings is 1. The van der Waals surface area contributed by atoms with E-state index in [2.05, 4.69) is 29.5 Å². The molecule has 0 radical (unpaired) electrons. The Bertz CT molecular complexity index is 881. The molecule has 7 heteroatoms. The van der Waals surface area contributed by atoms with Crippen LogP contribution in [0, 0.1) is 13.8 Å². The van der Waals surface area contributed by atoms with Crippen LogP contribution < -0.4 is 10.2 Å². The van der Waals surface area contributed by atoms with Crippen molar-refractivity contribution < 1.29 is 4.79 Å². The number of nitrogens with zero attached hydrogens (tertiary/aromatic N) is 4. The lowest BCUT2D eigenvalue weighted by molar-refractivity contribution is -0.119. The third kappa shape index (κ3) is 3.66. The van der Waals surface area contributed by atoms with Crippen molar-refractivity contribution in [3.63, 3.8) is 0 Å². The van der Waals surface area contributed by atoms with Gasteiger partial charge in [-0.3, -0.25) is 4.79 Å². The highest BCUT2D eigenvalue weighted by Crippen LogP contribution is 2.31. The van der Waals surface area contributed by atoms with Crippen molar-refractivity contribution in [3.05, 3.63) is 35.5 Å². The molecule has 0 aliphatic rings. The second kappa shape index (κ2) is 7.23. The van der Waals surface area contributed by atoms with E-state index >= 15 is 0 Å². The molecule has 0 aliphatic carbocycles. The van der Waals surface area contributed by atoms with Crippen LogP contribution in [0.2, 0.25) is 0 Å². The summed E-state index contributed by atoms with van der Waals surface area (Å²) in [7, 11) is 1.89. The van der Waals surface area contributed by atoms with E-state index in [1.54, 1.807) is 11.3 Å². The minimum absolute atomic E-state index is 0.0143. The summed E-state index contributed by atoms with van der Waals surface area (Å²) in [5, 5.41) is 8.33. The fraction of sp³-hybridized carbons (Fsp3) is 0.389.